The summed E-state index contributed by atoms with van der Waals surface area (Å²) in [5.41, 5.74) is 1.59. The van der Waals surface area contributed by atoms with E-state index >= 15 is 0 Å². The van der Waals surface area contributed by atoms with Gasteiger partial charge in [-0.1, -0.05) is 30.0 Å². The van der Waals surface area contributed by atoms with Gasteiger partial charge in [-0.25, -0.2) is 4.68 Å². The summed E-state index contributed by atoms with van der Waals surface area (Å²) >= 11 is 0.980. The molecule has 3 aromatic rings. The second-order valence-electron chi connectivity index (χ2n) is 4.06. The van der Waals surface area contributed by atoms with Crippen molar-refractivity contribution in [3.63, 3.8) is 0 Å². The zero-order valence-electron chi connectivity index (χ0n) is 10.7. The molecule has 0 spiro atoms. The first-order valence-corrected chi connectivity index (χ1v) is 6.99. The highest BCUT2D eigenvalue weighted by molar-refractivity contribution is 7.99. The lowest BCUT2D eigenvalue weighted by Gasteiger charge is -1.98. The van der Waals surface area contributed by atoms with Crippen molar-refractivity contribution in [2.45, 2.75) is 5.22 Å². The second-order valence-corrected chi connectivity index (χ2v) is 4.99. The lowest BCUT2D eigenvalue weighted by Crippen LogP contribution is -1.97. The van der Waals surface area contributed by atoms with Gasteiger partial charge in [0.2, 0.25) is 0 Å². The summed E-state index contributed by atoms with van der Waals surface area (Å²) in [6, 6.07) is 9.63. The molecule has 0 bridgehead atoms. The summed E-state index contributed by atoms with van der Waals surface area (Å²) in [6.45, 7) is 0. The van der Waals surface area contributed by atoms with Gasteiger partial charge in [0.1, 0.15) is 5.75 Å². The number of benzene rings is 1. The Kier molecular flexibility index (Phi) is 3.69. The minimum Gasteiger partial charge on any atom is -0.481 e. The molecule has 0 aliphatic rings. The Balaban J connectivity index is 1.79. The molecular weight excluding hydrogens is 292 g/mol. The molecule has 0 atom stereocenters. The molecule has 0 saturated heterocycles. The molecule has 1 aromatic carbocycles. The van der Waals surface area contributed by atoms with Crippen LogP contribution in [-0.4, -0.2) is 36.8 Å². The van der Waals surface area contributed by atoms with Crippen molar-refractivity contribution in [1.82, 2.24) is 20.0 Å². The minimum atomic E-state index is -0.934. The monoisotopic (exact) mass is 302 g/mol. The largest absolute Gasteiger partial charge is 0.481 e. The van der Waals surface area contributed by atoms with Gasteiger partial charge in [-0.15, -0.1) is 10.2 Å². The quantitative estimate of drug-likeness (QED) is 0.721. The maximum Gasteiger partial charge on any atom is 0.314 e. The van der Waals surface area contributed by atoms with E-state index in [0.717, 1.165) is 17.4 Å². The van der Waals surface area contributed by atoms with E-state index in [0.29, 0.717) is 11.5 Å². The van der Waals surface area contributed by atoms with Crippen molar-refractivity contribution in [2.24, 2.45) is 0 Å². The van der Waals surface area contributed by atoms with Crippen LogP contribution in [0.1, 0.15) is 0 Å². The van der Waals surface area contributed by atoms with E-state index in [1.807, 2.05) is 30.3 Å². The molecule has 106 valence electrons. The Labute approximate surface area is 123 Å². The molecule has 0 radical (unpaired) electrons. The molecule has 2 aromatic heterocycles. The minimum absolute atomic E-state index is 0.120. The van der Waals surface area contributed by atoms with E-state index in [9.17, 15) is 4.79 Å². The van der Waals surface area contributed by atoms with Crippen molar-refractivity contribution in [3.8, 4) is 17.1 Å². The molecular formula is C13H10N4O3S. The number of carboxylic acids is 1. The molecule has 8 heteroatoms. The highest BCUT2D eigenvalue weighted by Crippen LogP contribution is 2.23. The Morgan fingerprint density at radius 2 is 2.10 bits per heavy atom. The number of rotatable bonds is 5. The summed E-state index contributed by atoms with van der Waals surface area (Å²) in [6.07, 6.45) is 3.39. The highest BCUT2D eigenvalue weighted by atomic mass is 32.2. The molecule has 0 amide bonds. The van der Waals surface area contributed by atoms with E-state index in [4.69, 9.17) is 9.52 Å². The molecule has 21 heavy (non-hydrogen) atoms. The molecule has 7 nitrogen and oxygen atoms in total. The number of carbonyl (C=O) groups is 1. The first-order chi connectivity index (χ1) is 10.2. The predicted octanol–water partition coefficient (Wildman–Crippen LogP) is 2.10. The maximum absolute atomic E-state index is 10.5. The van der Waals surface area contributed by atoms with Gasteiger partial charge < -0.3 is 9.52 Å². The first-order valence-electron chi connectivity index (χ1n) is 6.01. The molecule has 0 aliphatic carbocycles. The second kappa shape index (κ2) is 5.80. The molecule has 1 N–H and O–H groups in total. The van der Waals surface area contributed by atoms with Crippen molar-refractivity contribution in [2.75, 3.05) is 5.75 Å². The average Bonchev–Trinajstić information content (AvgIpc) is 3.15. The summed E-state index contributed by atoms with van der Waals surface area (Å²) in [5.74, 6) is -0.744. The van der Waals surface area contributed by atoms with Crippen LogP contribution in [0.25, 0.3) is 17.1 Å². The fourth-order valence-electron chi connectivity index (χ4n) is 1.66. The number of nitrogens with zero attached hydrogens (tertiary/aromatic N) is 4. The Morgan fingerprint density at radius 3 is 2.86 bits per heavy atom. The third-order valence-electron chi connectivity index (χ3n) is 2.58. The number of carboxylic acid groups (broad SMARTS) is 1. The van der Waals surface area contributed by atoms with Gasteiger partial charge in [-0.05, 0) is 12.1 Å². The van der Waals surface area contributed by atoms with Gasteiger partial charge >= 0.3 is 5.97 Å². The summed E-state index contributed by atoms with van der Waals surface area (Å²) in [4.78, 5) is 10.5. The lowest BCUT2D eigenvalue weighted by atomic mass is 10.3. The van der Waals surface area contributed by atoms with E-state index in [1.54, 1.807) is 17.1 Å². The predicted molar refractivity (Wildman–Crippen MR) is 75.2 cm³/mol. The third kappa shape index (κ3) is 3.11. The fraction of sp³-hybridized carbons (Fsp3) is 0.0769. The van der Waals surface area contributed by atoms with Crippen LogP contribution >= 0.6 is 11.8 Å². The van der Waals surface area contributed by atoms with Gasteiger partial charge in [0, 0.05) is 6.20 Å². The van der Waals surface area contributed by atoms with Crippen LogP contribution in [0.15, 0.2) is 52.4 Å². The van der Waals surface area contributed by atoms with Gasteiger partial charge in [0.05, 0.1) is 17.4 Å². The Hall–Kier alpha value is -2.61. The lowest BCUT2D eigenvalue weighted by molar-refractivity contribution is -0.133. The SMILES string of the molecule is O=C(O)CSc1nnc(-c2cnn(-c3ccccc3)c2)o1. The van der Waals surface area contributed by atoms with E-state index in [-0.39, 0.29) is 11.0 Å². The molecule has 0 unspecified atom stereocenters. The number of aromatic nitrogens is 4. The Morgan fingerprint density at radius 1 is 1.29 bits per heavy atom. The van der Waals surface area contributed by atoms with Crippen molar-refractivity contribution >= 4 is 17.7 Å². The Bertz CT molecular complexity index is 754. The number of aliphatic carboxylic acids is 1. The van der Waals surface area contributed by atoms with Crippen molar-refractivity contribution in [1.29, 1.82) is 0 Å². The van der Waals surface area contributed by atoms with E-state index in [2.05, 4.69) is 15.3 Å². The van der Waals surface area contributed by atoms with E-state index in [1.165, 1.54) is 0 Å². The number of para-hydroxylation sites is 1. The number of hydrogen-bond donors (Lipinski definition) is 1. The van der Waals surface area contributed by atoms with Gasteiger partial charge in [0.15, 0.2) is 0 Å². The molecule has 3 rings (SSSR count). The molecule has 0 saturated carbocycles. The van der Waals surface area contributed by atoms with Crippen molar-refractivity contribution in [3.05, 3.63) is 42.7 Å². The van der Waals surface area contributed by atoms with Crippen LogP contribution in [0.3, 0.4) is 0 Å². The first kappa shape index (κ1) is 13.4. The van der Waals surface area contributed by atoms with Crippen LogP contribution in [0.5, 0.6) is 0 Å². The summed E-state index contributed by atoms with van der Waals surface area (Å²) < 4.78 is 7.09. The normalized spacial score (nSPS) is 10.7. The maximum atomic E-state index is 10.5. The number of hydrogen-bond acceptors (Lipinski definition) is 6. The van der Waals surface area contributed by atoms with Crippen molar-refractivity contribution < 1.29 is 14.3 Å². The highest BCUT2D eigenvalue weighted by Gasteiger charge is 2.12. The molecule has 2 heterocycles. The summed E-state index contributed by atoms with van der Waals surface area (Å²) in [5, 5.41) is 20.7. The third-order valence-corrected chi connectivity index (χ3v) is 3.38. The fourth-order valence-corrected chi connectivity index (χ4v) is 2.15. The van der Waals surface area contributed by atoms with Gasteiger partial charge in [-0.3, -0.25) is 4.79 Å². The zero-order chi connectivity index (χ0) is 14.7. The van der Waals surface area contributed by atoms with Crippen LogP contribution in [0.2, 0.25) is 0 Å². The number of thioether (sulfide) groups is 1. The topological polar surface area (TPSA) is 94.0 Å². The van der Waals surface area contributed by atoms with Crippen LogP contribution < -0.4 is 0 Å². The molecule has 0 aliphatic heterocycles. The van der Waals surface area contributed by atoms with Gasteiger partial charge in [0.25, 0.3) is 11.1 Å². The smallest absolute Gasteiger partial charge is 0.314 e. The van der Waals surface area contributed by atoms with Gasteiger partial charge in [-0.2, -0.15) is 5.10 Å². The van der Waals surface area contributed by atoms with Crippen LogP contribution in [0, 0.1) is 0 Å². The zero-order valence-corrected chi connectivity index (χ0v) is 11.5. The van der Waals surface area contributed by atoms with Crippen LogP contribution in [0.4, 0.5) is 0 Å². The van der Waals surface area contributed by atoms with Crippen LogP contribution in [-0.2, 0) is 4.79 Å². The van der Waals surface area contributed by atoms with E-state index < -0.39 is 5.97 Å². The molecule has 0 fully saturated rings. The standard InChI is InChI=1S/C13H10N4O3S/c18-11(19)8-21-13-16-15-12(20-13)9-6-14-17(7-9)10-4-2-1-3-5-10/h1-7H,8H2,(H,18,19). The summed E-state index contributed by atoms with van der Waals surface area (Å²) in [7, 11) is 0. The average molecular weight is 302 g/mol.